The molecule has 1 aliphatic carbocycles. The summed E-state index contributed by atoms with van der Waals surface area (Å²) in [7, 11) is 1.67. The van der Waals surface area contributed by atoms with E-state index < -0.39 is 6.04 Å². The number of carbonyl (C=O) groups is 2. The highest BCUT2D eigenvalue weighted by atomic mass is 19.1. The molecule has 0 saturated heterocycles. The third-order valence-corrected chi connectivity index (χ3v) is 4.34. The molecule has 1 aliphatic heterocycles. The fraction of sp³-hybridized carbons (Fsp3) is 0.412. The van der Waals surface area contributed by atoms with Crippen LogP contribution in [-0.2, 0) is 4.79 Å². The Kier molecular flexibility index (Phi) is 3.31. The van der Waals surface area contributed by atoms with E-state index >= 15 is 0 Å². The Morgan fingerprint density at radius 2 is 2.00 bits per heavy atom. The van der Waals surface area contributed by atoms with Gasteiger partial charge in [-0.25, -0.2) is 9.18 Å². The number of hydrogen-bond donors (Lipinski definition) is 1. The molecule has 1 N–H and O–H groups in total. The number of rotatable bonds is 1. The van der Waals surface area contributed by atoms with Gasteiger partial charge in [0.1, 0.15) is 5.82 Å². The van der Waals surface area contributed by atoms with E-state index in [1.807, 2.05) is 13.8 Å². The Morgan fingerprint density at radius 3 is 2.68 bits per heavy atom. The van der Waals surface area contributed by atoms with Gasteiger partial charge in [0.25, 0.3) is 0 Å². The lowest BCUT2D eigenvalue weighted by Crippen LogP contribution is -2.49. The maximum atomic E-state index is 13.5. The molecule has 0 unspecified atom stereocenters. The molecule has 0 radical (unpaired) electrons. The first kappa shape index (κ1) is 14.8. The van der Waals surface area contributed by atoms with Gasteiger partial charge in [-0.1, -0.05) is 26.0 Å². The van der Waals surface area contributed by atoms with Crippen molar-refractivity contribution >= 4 is 11.8 Å². The lowest BCUT2D eigenvalue weighted by molar-refractivity contribution is -0.118. The molecule has 0 aromatic heterocycles. The molecule has 0 saturated carbocycles. The molecular formula is C17H19FN2O2. The van der Waals surface area contributed by atoms with Gasteiger partial charge in [-0.15, -0.1) is 0 Å². The first-order valence-corrected chi connectivity index (χ1v) is 7.34. The van der Waals surface area contributed by atoms with E-state index in [4.69, 9.17) is 0 Å². The second-order valence-corrected chi connectivity index (χ2v) is 6.80. The van der Waals surface area contributed by atoms with Crippen molar-refractivity contribution < 1.29 is 14.0 Å². The number of hydrogen-bond acceptors (Lipinski definition) is 2. The van der Waals surface area contributed by atoms with Crippen molar-refractivity contribution in [2.24, 2.45) is 5.41 Å². The molecule has 1 aromatic carbocycles. The highest BCUT2D eigenvalue weighted by Gasteiger charge is 2.42. The van der Waals surface area contributed by atoms with Crippen molar-refractivity contribution in [1.82, 2.24) is 10.2 Å². The number of halogens is 1. The molecule has 1 aromatic rings. The van der Waals surface area contributed by atoms with Crippen molar-refractivity contribution in [1.29, 1.82) is 0 Å². The maximum Gasteiger partial charge on any atom is 0.322 e. The first-order chi connectivity index (χ1) is 10.3. The number of nitrogens with zero attached hydrogens (tertiary/aromatic N) is 1. The molecular weight excluding hydrogens is 283 g/mol. The molecule has 0 fully saturated rings. The second-order valence-electron chi connectivity index (χ2n) is 6.80. The van der Waals surface area contributed by atoms with Crippen LogP contribution in [0.25, 0.3) is 0 Å². The minimum atomic E-state index is -0.571. The number of urea groups is 1. The van der Waals surface area contributed by atoms with Gasteiger partial charge < -0.3 is 10.2 Å². The molecule has 2 aliphatic rings. The summed E-state index contributed by atoms with van der Waals surface area (Å²) < 4.78 is 13.5. The summed E-state index contributed by atoms with van der Waals surface area (Å²) in [5.74, 6) is -0.358. The lowest BCUT2D eigenvalue weighted by Gasteiger charge is -2.42. The number of nitrogens with one attached hydrogen (secondary N) is 1. The highest BCUT2D eigenvalue weighted by molar-refractivity contribution is 6.01. The molecule has 2 amide bonds. The SMILES string of the molecule is CN1C(=O)N[C@H](c2cccc(F)c2)C2=C1CC(C)(C)CC2=O. The monoisotopic (exact) mass is 302 g/mol. The van der Waals surface area contributed by atoms with Crippen molar-refractivity contribution in [3.63, 3.8) is 0 Å². The predicted octanol–water partition coefficient (Wildman–Crippen LogP) is 3.17. The Balaban J connectivity index is 2.13. The molecule has 4 nitrogen and oxygen atoms in total. The minimum Gasteiger partial charge on any atom is -0.327 e. The van der Waals surface area contributed by atoms with Crippen molar-refractivity contribution in [3.8, 4) is 0 Å². The fourth-order valence-electron chi connectivity index (χ4n) is 3.28. The Bertz CT molecular complexity index is 694. The fourth-order valence-corrected chi connectivity index (χ4v) is 3.28. The van der Waals surface area contributed by atoms with Crippen LogP contribution in [0.5, 0.6) is 0 Å². The van der Waals surface area contributed by atoms with Gasteiger partial charge in [0.05, 0.1) is 6.04 Å². The number of amides is 2. The third kappa shape index (κ3) is 2.40. The number of benzene rings is 1. The predicted molar refractivity (Wildman–Crippen MR) is 80.5 cm³/mol. The molecule has 116 valence electrons. The van der Waals surface area contributed by atoms with E-state index in [1.54, 1.807) is 19.2 Å². The standard InChI is InChI=1S/C17H19FN2O2/c1-17(2)8-12-14(13(21)9-17)15(19-16(22)20(12)3)10-5-4-6-11(18)7-10/h4-7,15H,8-9H2,1-3H3,(H,19,22)/t15-/m1/s1. The van der Waals surface area contributed by atoms with Gasteiger partial charge in [0.2, 0.25) is 0 Å². The molecule has 0 bridgehead atoms. The number of carbonyl (C=O) groups excluding carboxylic acids is 2. The van der Waals surface area contributed by atoms with E-state index in [-0.39, 0.29) is 23.0 Å². The summed E-state index contributed by atoms with van der Waals surface area (Å²) >= 11 is 0. The van der Waals surface area contributed by atoms with Gasteiger partial charge >= 0.3 is 6.03 Å². The van der Waals surface area contributed by atoms with E-state index in [1.165, 1.54) is 17.0 Å². The molecule has 0 spiro atoms. The van der Waals surface area contributed by atoms with E-state index in [9.17, 15) is 14.0 Å². The average Bonchev–Trinajstić information content (AvgIpc) is 2.42. The van der Waals surface area contributed by atoms with Crippen LogP contribution >= 0.6 is 0 Å². The molecule has 22 heavy (non-hydrogen) atoms. The summed E-state index contributed by atoms with van der Waals surface area (Å²) in [6, 6.07) is 5.20. The summed E-state index contributed by atoms with van der Waals surface area (Å²) in [5.41, 5.74) is 1.77. The average molecular weight is 302 g/mol. The van der Waals surface area contributed by atoms with Crippen LogP contribution in [0.15, 0.2) is 35.5 Å². The summed E-state index contributed by atoms with van der Waals surface area (Å²) in [5, 5.41) is 2.81. The first-order valence-electron chi connectivity index (χ1n) is 7.34. The zero-order valence-electron chi connectivity index (χ0n) is 12.9. The quantitative estimate of drug-likeness (QED) is 0.866. The largest absolute Gasteiger partial charge is 0.327 e. The van der Waals surface area contributed by atoms with Crippen LogP contribution in [0, 0.1) is 11.2 Å². The molecule has 3 rings (SSSR count). The Hall–Kier alpha value is -2.17. The molecule has 1 atom stereocenters. The van der Waals surface area contributed by atoms with Crippen LogP contribution in [0.3, 0.4) is 0 Å². The third-order valence-electron chi connectivity index (χ3n) is 4.34. The van der Waals surface area contributed by atoms with Crippen molar-refractivity contribution in [2.75, 3.05) is 7.05 Å². The van der Waals surface area contributed by atoms with Crippen LogP contribution in [0.2, 0.25) is 0 Å². The summed E-state index contributed by atoms with van der Waals surface area (Å²) in [6.45, 7) is 4.04. The van der Waals surface area contributed by atoms with Crippen molar-refractivity contribution in [2.45, 2.75) is 32.7 Å². The Labute approximate surface area is 129 Å². The van der Waals surface area contributed by atoms with E-state index in [0.29, 0.717) is 24.0 Å². The van der Waals surface area contributed by atoms with Gasteiger partial charge in [0.15, 0.2) is 5.78 Å². The highest BCUT2D eigenvalue weighted by Crippen LogP contribution is 2.43. The zero-order valence-corrected chi connectivity index (χ0v) is 12.9. The number of allylic oxidation sites excluding steroid dienone is 1. The van der Waals surface area contributed by atoms with E-state index in [2.05, 4.69) is 5.32 Å². The van der Waals surface area contributed by atoms with Gasteiger partial charge in [0, 0.05) is 24.7 Å². The number of ketones is 1. The van der Waals surface area contributed by atoms with Crippen molar-refractivity contribution in [3.05, 3.63) is 46.9 Å². The van der Waals surface area contributed by atoms with Gasteiger partial charge in [-0.2, -0.15) is 0 Å². The smallest absolute Gasteiger partial charge is 0.322 e. The molecule has 1 heterocycles. The summed E-state index contributed by atoms with van der Waals surface area (Å²) in [4.78, 5) is 26.4. The topological polar surface area (TPSA) is 49.4 Å². The second kappa shape index (κ2) is 4.93. The Morgan fingerprint density at radius 1 is 1.27 bits per heavy atom. The maximum absolute atomic E-state index is 13.5. The van der Waals surface area contributed by atoms with Gasteiger partial charge in [-0.05, 0) is 29.5 Å². The van der Waals surface area contributed by atoms with Gasteiger partial charge in [-0.3, -0.25) is 4.79 Å². The minimum absolute atomic E-state index is 0.0207. The van der Waals surface area contributed by atoms with E-state index in [0.717, 1.165) is 5.70 Å². The van der Waals surface area contributed by atoms with Crippen LogP contribution in [0.1, 0.15) is 38.3 Å². The lowest BCUT2D eigenvalue weighted by atomic mass is 9.72. The van der Waals surface area contributed by atoms with Crippen LogP contribution < -0.4 is 5.32 Å². The normalized spacial score (nSPS) is 24.2. The zero-order chi connectivity index (χ0) is 16.1. The van der Waals surface area contributed by atoms with Crippen LogP contribution in [0.4, 0.5) is 9.18 Å². The molecule has 5 heteroatoms. The number of Topliss-reactive ketones (excluding diaryl/α,β-unsaturated/α-hetero) is 1. The van der Waals surface area contributed by atoms with Crippen LogP contribution in [-0.4, -0.2) is 23.8 Å². The summed E-state index contributed by atoms with van der Waals surface area (Å²) in [6.07, 6.45) is 1.09.